The molecule has 1 aliphatic heterocycles. The number of carbonyl (C=O) groups excluding carboxylic acids is 1. The zero-order valence-electron chi connectivity index (χ0n) is 14.4. The number of aromatic nitrogens is 2. The molecular formula is C17H18F4N4OS. The summed E-state index contributed by atoms with van der Waals surface area (Å²) in [5, 5.41) is 0.586. The van der Waals surface area contributed by atoms with E-state index in [0.29, 0.717) is 16.7 Å². The number of hydrogen-bond donors (Lipinski definition) is 0. The van der Waals surface area contributed by atoms with Gasteiger partial charge in [-0.2, -0.15) is 13.2 Å². The largest absolute Gasteiger partial charge is 0.406 e. The van der Waals surface area contributed by atoms with Gasteiger partial charge in [0.1, 0.15) is 6.54 Å². The van der Waals surface area contributed by atoms with E-state index in [1.807, 2.05) is 4.90 Å². The van der Waals surface area contributed by atoms with Crippen LogP contribution >= 0.6 is 12.3 Å². The SMILES string of the molecule is O=C1c2cnc3c(ccn3SF)c2N(C2CCCCC2)CN1CC(F)(F)F. The van der Waals surface area contributed by atoms with E-state index in [4.69, 9.17) is 0 Å². The van der Waals surface area contributed by atoms with E-state index < -0.39 is 18.6 Å². The molecule has 0 saturated heterocycles. The Balaban J connectivity index is 1.83. The van der Waals surface area contributed by atoms with Crippen LogP contribution in [0.5, 0.6) is 0 Å². The Morgan fingerprint density at radius 3 is 2.63 bits per heavy atom. The minimum atomic E-state index is -4.48. The van der Waals surface area contributed by atoms with Crippen LogP contribution in [0.3, 0.4) is 0 Å². The van der Waals surface area contributed by atoms with E-state index >= 15 is 0 Å². The fraction of sp³-hybridized carbons (Fsp3) is 0.529. The number of fused-ring (bicyclic) bond motifs is 3. The highest BCUT2D eigenvalue weighted by Gasteiger charge is 2.40. The number of alkyl halides is 3. The number of carbonyl (C=O) groups is 1. The lowest BCUT2D eigenvalue weighted by Gasteiger charge is -2.44. The van der Waals surface area contributed by atoms with Crippen LogP contribution in [0.1, 0.15) is 42.5 Å². The van der Waals surface area contributed by atoms with Gasteiger partial charge < -0.3 is 9.80 Å². The summed E-state index contributed by atoms with van der Waals surface area (Å²) in [7, 11) is 0. The van der Waals surface area contributed by atoms with E-state index in [1.54, 1.807) is 6.07 Å². The topological polar surface area (TPSA) is 41.4 Å². The van der Waals surface area contributed by atoms with Crippen LogP contribution < -0.4 is 4.90 Å². The van der Waals surface area contributed by atoms with Crippen molar-refractivity contribution in [3.05, 3.63) is 24.0 Å². The molecule has 10 heteroatoms. The second-order valence-electron chi connectivity index (χ2n) is 6.99. The first-order valence-corrected chi connectivity index (χ1v) is 9.48. The molecule has 2 aromatic rings. The van der Waals surface area contributed by atoms with Gasteiger partial charge in [-0.25, -0.2) is 8.96 Å². The number of rotatable bonds is 3. The van der Waals surface area contributed by atoms with Gasteiger partial charge in [0, 0.05) is 23.8 Å². The molecule has 4 rings (SSSR count). The first-order valence-electron chi connectivity index (χ1n) is 8.81. The highest BCUT2D eigenvalue weighted by Crippen LogP contribution is 2.39. The standard InChI is InChI=1S/C17H18F4N4OS/c18-17(19,20)9-23-10-24(11-4-2-1-3-5-11)14-12-6-7-25(27-21)15(12)22-8-13(14)16(23)26/h6-8,11H,1-5,9-10H2. The van der Waals surface area contributed by atoms with Gasteiger partial charge >= 0.3 is 6.18 Å². The molecule has 1 fully saturated rings. The molecule has 0 atom stereocenters. The van der Waals surface area contributed by atoms with Crippen LogP contribution in [0.25, 0.3) is 11.0 Å². The highest BCUT2D eigenvalue weighted by atomic mass is 32.2. The average Bonchev–Trinajstić information content (AvgIpc) is 3.06. The predicted molar refractivity (Wildman–Crippen MR) is 95.1 cm³/mol. The minimum Gasteiger partial charge on any atom is -0.349 e. The van der Waals surface area contributed by atoms with Crippen molar-refractivity contribution in [2.45, 2.75) is 44.3 Å². The summed E-state index contributed by atoms with van der Waals surface area (Å²) in [6.45, 7) is -1.42. The third kappa shape index (κ3) is 3.35. The Morgan fingerprint density at radius 2 is 1.96 bits per heavy atom. The molecule has 2 aromatic heterocycles. The normalized spacial score (nSPS) is 19.0. The zero-order chi connectivity index (χ0) is 19.2. The maximum atomic E-state index is 13.1. The monoisotopic (exact) mass is 402 g/mol. The van der Waals surface area contributed by atoms with Crippen LogP contribution in [0.15, 0.2) is 18.5 Å². The van der Waals surface area contributed by atoms with Crippen molar-refractivity contribution in [1.29, 1.82) is 0 Å². The molecule has 3 heterocycles. The maximum absolute atomic E-state index is 13.1. The zero-order valence-corrected chi connectivity index (χ0v) is 15.2. The lowest BCUT2D eigenvalue weighted by atomic mass is 9.92. The molecule has 0 radical (unpaired) electrons. The van der Waals surface area contributed by atoms with Gasteiger partial charge in [-0.05, 0) is 18.9 Å². The van der Waals surface area contributed by atoms with Crippen LogP contribution in [-0.2, 0) is 0 Å². The molecule has 0 unspecified atom stereocenters. The van der Waals surface area contributed by atoms with E-state index in [1.165, 1.54) is 16.4 Å². The Kier molecular flexibility index (Phi) is 4.69. The first-order chi connectivity index (χ1) is 12.9. The summed E-state index contributed by atoms with van der Waals surface area (Å²) in [6.07, 6.45) is 3.11. The first kappa shape index (κ1) is 18.4. The lowest BCUT2D eigenvalue weighted by molar-refractivity contribution is -0.141. The molecule has 1 saturated carbocycles. The molecular weight excluding hydrogens is 384 g/mol. The van der Waals surface area contributed by atoms with Gasteiger partial charge in [-0.3, -0.25) is 4.79 Å². The van der Waals surface area contributed by atoms with Crippen LogP contribution in [0.4, 0.5) is 22.7 Å². The summed E-state index contributed by atoms with van der Waals surface area (Å²) >= 11 is -0.00681. The van der Waals surface area contributed by atoms with E-state index in [-0.39, 0.29) is 30.6 Å². The van der Waals surface area contributed by atoms with Crippen LogP contribution in [0.2, 0.25) is 0 Å². The summed E-state index contributed by atoms with van der Waals surface area (Å²) in [5.41, 5.74) is 1.08. The van der Waals surface area contributed by atoms with Crippen molar-refractivity contribution < 1.29 is 21.9 Å². The van der Waals surface area contributed by atoms with Crippen molar-refractivity contribution in [1.82, 2.24) is 13.9 Å². The third-order valence-electron chi connectivity index (χ3n) is 5.24. The summed E-state index contributed by atoms with van der Waals surface area (Å²) in [5.74, 6) is -0.690. The molecule has 146 valence electrons. The maximum Gasteiger partial charge on any atom is 0.406 e. The molecule has 1 aliphatic carbocycles. The molecule has 0 aromatic carbocycles. The van der Waals surface area contributed by atoms with Gasteiger partial charge in [0.2, 0.25) is 0 Å². The smallest absolute Gasteiger partial charge is 0.349 e. The van der Waals surface area contributed by atoms with Crippen molar-refractivity contribution >= 4 is 35.0 Å². The molecule has 0 spiro atoms. The fourth-order valence-corrected chi connectivity index (χ4v) is 4.41. The van der Waals surface area contributed by atoms with Crippen molar-refractivity contribution in [3.63, 3.8) is 0 Å². The fourth-order valence-electron chi connectivity index (χ4n) is 4.09. The molecule has 0 N–H and O–H groups in total. The third-order valence-corrected chi connectivity index (χ3v) is 5.68. The molecule has 1 amide bonds. The average molecular weight is 402 g/mol. The predicted octanol–water partition coefficient (Wildman–Crippen LogP) is 4.53. The summed E-state index contributed by atoms with van der Waals surface area (Å²) in [4.78, 5) is 19.6. The van der Waals surface area contributed by atoms with Crippen molar-refractivity contribution in [2.24, 2.45) is 0 Å². The molecule has 27 heavy (non-hydrogen) atoms. The number of nitrogens with zero attached hydrogens (tertiary/aromatic N) is 4. The van der Waals surface area contributed by atoms with E-state index in [0.717, 1.165) is 37.0 Å². The Hall–Kier alpha value is -1.97. The van der Waals surface area contributed by atoms with Gasteiger partial charge in [0.05, 0.1) is 17.9 Å². The number of amides is 1. The molecule has 0 bridgehead atoms. The summed E-state index contributed by atoms with van der Waals surface area (Å²) < 4.78 is 53.3. The lowest BCUT2D eigenvalue weighted by Crippen LogP contribution is -2.53. The van der Waals surface area contributed by atoms with E-state index in [9.17, 15) is 21.9 Å². The number of hydrogen-bond acceptors (Lipinski definition) is 4. The minimum absolute atomic E-state index is 0.00681. The second-order valence-corrected chi connectivity index (χ2v) is 7.52. The van der Waals surface area contributed by atoms with Gasteiger partial charge in [0.25, 0.3) is 5.91 Å². The number of pyridine rings is 1. The van der Waals surface area contributed by atoms with Crippen molar-refractivity contribution in [3.8, 4) is 0 Å². The number of anilines is 1. The highest BCUT2D eigenvalue weighted by molar-refractivity contribution is 7.92. The summed E-state index contributed by atoms with van der Waals surface area (Å²) in [6, 6.07) is 1.71. The van der Waals surface area contributed by atoms with Crippen LogP contribution in [-0.4, -0.2) is 45.2 Å². The molecule has 5 nitrogen and oxygen atoms in total. The van der Waals surface area contributed by atoms with Gasteiger partial charge in [-0.1, -0.05) is 19.3 Å². The van der Waals surface area contributed by atoms with Gasteiger partial charge in [-0.15, -0.1) is 3.89 Å². The Morgan fingerprint density at radius 1 is 1.22 bits per heavy atom. The second kappa shape index (κ2) is 6.88. The van der Waals surface area contributed by atoms with Crippen LogP contribution in [0, 0.1) is 0 Å². The quantitative estimate of drug-likeness (QED) is 0.708. The molecule has 2 aliphatic rings. The van der Waals surface area contributed by atoms with E-state index in [2.05, 4.69) is 4.98 Å². The number of halogens is 4. The Bertz CT molecular complexity index is 862. The van der Waals surface area contributed by atoms with Gasteiger partial charge in [0.15, 0.2) is 18.0 Å². The van der Waals surface area contributed by atoms with Crippen molar-refractivity contribution in [2.75, 3.05) is 18.1 Å². The Labute approximate surface area is 157 Å².